The minimum absolute atomic E-state index is 0.249. The average molecular weight is 208 g/mol. The zero-order chi connectivity index (χ0) is 11.5. The predicted octanol–water partition coefficient (Wildman–Crippen LogP) is 2.28. The van der Waals surface area contributed by atoms with Crippen LogP contribution in [0.15, 0.2) is 6.07 Å². The summed E-state index contributed by atoms with van der Waals surface area (Å²) in [5.41, 5.74) is 1.21. The first-order valence-corrected chi connectivity index (χ1v) is 5.18. The second-order valence-corrected chi connectivity index (χ2v) is 4.88. The standard InChI is InChI=1S/C11H20N4/c1-8-6-9(13-7-11(2,3)4)15-10(12-5)14-8/h6H,7H2,1-5H3,(H2,12,13,14,15). The summed E-state index contributed by atoms with van der Waals surface area (Å²) in [6.07, 6.45) is 0. The highest BCUT2D eigenvalue weighted by atomic mass is 15.1. The first-order valence-electron chi connectivity index (χ1n) is 5.18. The number of aromatic nitrogens is 2. The minimum atomic E-state index is 0.249. The number of aryl methyl sites for hydroxylation is 1. The fourth-order valence-electron chi connectivity index (χ4n) is 1.13. The lowest BCUT2D eigenvalue weighted by Crippen LogP contribution is -2.20. The summed E-state index contributed by atoms with van der Waals surface area (Å²) in [7, 11) is 1.82. The molecule has 0 aromatic carbocycles. The fourth-order valence-corrected chi connectivity index (χ4v) is 1.13. The van der Waals surface area contributed by atoms with Crippen LogP contribution in [0.3, 0.4) is 0 Å². The molecule has 4 nitrogen and oxygen atoms in total. The average Bonchev–Trinajstić information content (AvgIpc) is 2.13. The monoisotopic (exact) mass is 208 g/mol. The maximum absolute atomic E-state index is 4.32. The molecule has 1 aromatic rings. The van der Waals surface area contributed by atoms with E-state index in [9.17, 15) is 0 Å². The molecule has 0 amide bonds. The third-order valence-electron chi connectivity index (χ3n) is 1.88. The van der Waals surface area contributed by atoms with E-state index in [1.54, 1.807) is 0 Å². The number of anilines is 2. The first kappa shape index (κ1) is 11.8. The Bertz CT molecular complexity index is 328. The molecule has 15 heavy (non-hydrogen) atoms. The molecule has 1 aromatic heterocycles. The SMILES string of the molecule is CNc1nc(C)cc(NCC(C)(C)C)n1. The van der Waals surface area contributed by atoms with Gasteiger partial charge in [0.25, 0.3) is 0 Å². The molecule has 0 aliphatic carbocycles. The normalized spacial score (nSPS) is 11.3. The number of nitrogens with zero attached hydrogens (tertiary/aromatic N) is 2. The van der Waals surface area contributed by atoms with Crippen LogP contribution in [0, 0.1) is 12.3 Å². The second kappa shape index (κ2) is 4.47. The van der Waals surface area contributed by atoms with E-state index in [1.807, 2.05) is 20.0 Å². The van der Waals surface area contributed by atoms with Crippen molar-refractivity contribution in [1.82, 2.24) is 9.97 Å². The van der Waals surface area contributed by atoms with E-state index in [2.05, 4.69) is 41.4 Å². The van der Waals surface area contributed by atoms with E-state index in [1.165, 1.54) is 0 Å². The molecule has 0 spiro atoms. The van der Waals surface area contributed by atoms with E-state index in [-0.39, 0.29) is 5.41 Å². The predicted molar refractivity (Wildman–Crippen MR) is 64.3 cm³/mol. The Morgan fingerprint density at radius 1 is 1.27 bits per heavy atom. The highest BCUT2D eigenvalue weighted by molar-refractivity contribution is 5.41. The zero-order valence-corrected chi connectivity index (χ0v) is 10.2. The minimum Gasteiger partial charge on any atom is -0.369 e. The highest BCUT2D eigenvalue weighted by Crippen LogP contribution is 2.15. The van der Waals surface area contributed by atoms with Gasteiger partial charge < -0.3 is 10.6 Å². The van der Waals surface area contributed by atoms with Crippen LogP contribution in [0.1, 0.15) is 26.5 Å². The van der Waals surface area contributed by atoms with E-state index >= 15 is 0 Å². The Balaban J connectivity index is 2.73. The highest BCUT2D eigenvalue weighted by Gasteiger charge is 2.10. The quantitative estimate of drug-likeness (QED) is 0.800. The maximum atomic E-state index is 4.32. The van der Waals surface area contributed by atoms with Crippen molar-refractivity contribution in [2.45, 2.75) is 27.7 Å². The van der Waals surface area contributed by atoms with Crippen molar-refractivity contribution in [1.29, 1.82) is 0 Å². The van der Waals surface area contributed by atoms with Gasteiger partial charge in [-0.1, -0.05) is 20.8 Å². The third kappa shape index (κ3) is 4.14. The molecule has 0 saturated heterocycles. The van der Waals surface area contributed by atoms with Crippen molar-refractivity contribution in [3.8, 4) is 0 Å². The van der Waals surface area contributed by atoms with Gasteiger partial charge in [-0.3, -0.25) is 0 Å². The van der Waals surface area contributed by atoms with Crippen molar-refractivity contribution in [3.63, 3.8) is 0 Å². The molecule has 84 valence electrons. The van der Waals surface area contributed by atoms with Crippen molar-refractivity contribution >= 4 is 11.8 Å². The molecule has 0 atom stereocenters. The summed E-state index contributed by atoms with van der Waals surface area (Å²) in [5, 5.41) is 6.25. The summed E-state index contributed by atoms with van der Waals surface area (Å²) in [5.74, 6) is 1.54. The van der Waals surface area contributed by atoms with Gasteiger partial charge in [0.15, 0.2) is 0 Å². The van der Waals surface area contributed by atoms with Crippen molar-refractivity contribution in [2.24, 2.45) is 5.41 Å². The van der Waals surface area contributed by atoms with Crippen LogP contribution in [0.2, 0.25) is 0 Å². The van der Waals surface area contributed by atoms with Gasteiger partial charge >= 0.3 is 0 Å². The van der Waals surface area contributed by atoms with Crippen molar-refractivity contribution < 1.29 is 0 Å². The van der Waals surface area contributed by atoms with Gasteiger partial charge in [0, 0.05) is 25.4 Å². The number of rotatable bonds is 3. The van der Waals surface area contributed by atoms with Crippen molar-refractivity contribution in [3.05, 3.63) is 11.8 Å². The Morgan fingerprint density at radius 3 is 2.47 bits per heavy atom. The maximum Gasteiger partial charge on any atom is 0.224 e. The molecular weight excluding hydrogens is 188 g/mol. The molecule has 0 fully saturated rings. The third-order valence-corrected chi connectivity index (χ3v) is 1.88. The molecule has 0 saturated carbocycles. The van der Waals surface area contributed by atoms with Crippen LogP contribution in [-0.4, -0.2) is 23.6 Å². The van der Waals surface area contributed by atoms with Crippen LogP contribution < -0.4 is 10.6 Å². The van der Waals surface area contributed by atoms with Gasteiger partial charge in [0.2, 0.25) is 5.95 Å². The van der Waals surface area contributed by atoms with Gasteiger partial charge in [-0.15, -0.1) is 0 Å². The molecule has 4 heteroatoms. The molecule has 0 bridgehead atoms. The number of nitrogens with one attached hydrogen (secondary N) is 2. The molecule has 1 rings (SSSR count). The van der Waals surface area contributed by atoms with E-state index < -0.39 is 0 Å². The summed E-state index contributed by atoms with van der Waals surface area (Å²) in [6, 6.07) is 1.95. The zero-order valence-electron chi connectivity index (χ0n) is 10.2. The van der Waals surface area contributed by atoms with Gasteiger partial charge in [0.05, 0.1) is 0 Å². The molecular formula is C11H20N4. The molecule has 1 heterocycles. The lowest BCUT2D eigenvalue weighted by Gasteiger charge is -2.19. The van der Waals surface area contributed by atoms with Gasteiger partial charge in [-0.2, -0.15) is 4.98 Å². The van der Waals surface area contributed by atoms with Gasteiger partial charge in [0.1, 0.15) is 5.82 Å². The van der Waals surface area contributed by atoms with Crippen molar-refractivity contribution in [2.75, 3.05) is 24.2 Å². The Hall–Kier alpha value is -1.32. The summed E-state index contributed by atoms with van der Waals surface area (Å²) in [4.78, 5) is 8.56. The van der Waals surface area contributed by atoms with Crippen LogP contribution in [-0.2, 0) is 0 Å². The van der Waals surface area contributed by atoms with Gasteiger partial charge in [-0.05, 0) is 12.3 Å². The molecule has 2 N–H and O–H groups in total. The molecule has 0 aliphatic rings. The number of hydrogen-bond acceptors (Lipinski definition) is 4. The molecule has 0 unspecified atom stereocenters. The van der Waals surface area contributed by atoms with Crippen LogP contribution in [0.5, 0.6) is 0 Å². The largest absolute Gasteiger partial charge is 0.369 e. The Morgan fingerprint density at radius 2 is 1.93 bits per heavy atom. The van der Waals surface area contributed by atoms with E-state index in [4.69, 9.17) is 0 Å². The van der Waals surface area contributed by atoms with Gasteiger partial charge in [-0.25, -0.2) is 4.98 Å². The van der Waals surface area contributed by atoms with Crippen LogP contribution in [0.25, 0.3) is 0 Å². The first-order chi connectivity index (χ1) is 6.90. The second-order valence-electron chi connectivity index (χ2n) is 4.88. The summed E-state index contributed by atoms with van der Waals surface area (Å²) >= 11 is 0. The molecule has 0 radical (unpaired) electrons. The van der Waals surface area contributed by atoms with E-state index in [0.717, 1.165) is 18.1 Å². The smallest absolute Gasteiger partial charge is 0.224 e. The lowest BCUT2D eigenvalue weighted by atomic mass is 9.97. The summed E-state index contributed by atoms with van der Waals surface area (Å²) in [6.45, 7) is 9.42. The number of hydrogen-bond donors (Lipinski definition) is 2. The van der Waals surface area contributed by atoms with Crippen LogP contribution >= 0.6 is 0 Å². The molecule has 0 aliphatic heterocycles. The topological polar surface area (TPSA) is 49.8 Å². The van der Waals surface area contributed by atoms with E-state index in [0.29, 0.717) is 5.95 Å². The van der Waals surface area contributed by atoms with Crippen LogP contribution in [0.4, 0.5) is 11.8 Å². The Labute approximate surface area is 91.5 Å². The fraction of sp³-hybridized carbons (Fsp3) is 0.636. The summed E-state index contributed by atoms with van der Waals surface area (Å²) < 4.78 is 0. The Kier molecular flexibility index (Phi) is 3.50. The lowest BCUT2D eigenvalue weighted by molar-refractivity contribution is 0.442.